The van der Waals surface area contributed by atoms with Gasteiger partial charge in [0.2, 0.25) is 0 Å². The summed E-state index contributed by atoms with van der Waals surface area (Å²) >= 11 is 0. The zero-order valence-corrected chi connectivity index (χ0v) is 9.99. The molecule has 0 heterocycles. The molecule has 1 rings (SSSR count). The maximum absolute atomic E-state index is 11.3. The van der Waals surface area contributed by atoms with E-state index in [0.29, 0.717) is 0 Å². The molecule has 0 bridgehead atoms. The van der Waals surface area contributed by atoms with E-state index in [-0.39, 0.29) is 12.5 Å². The first-order valence-electron chi connectivity index (χ1n) is 5.30. The Bertz CT molecular complexity index is 351. The van der Waals surface area contributed by atoms with Crippen molar-refractivity contribution in [2.45, 2.75) is 13.3 Å². The molecule has 0 atom stereocenters. The number of benzene rings is 1. The van der Waals surface area contributed by atoms with E-state index in [1.54, 1.807) is 19.1 Å². The van der Waals surface area contributed by atoms with Crippen molar-refractivity contribution in [2.75, 3.05) is 20.7 Å². The van der Waals surface area contributed by atoms with Gasteiger partial charge in [-0.25, -0.2) is 5.01 Å². The number of carbonyl (C=O) groups is 1. The maximum atomic E-state index is 11.3. The zero-order chi connectivity index (χ0) is 12.0. The van der Waals surface area contributed by atoms with Crippen LogP contribution in [0.1, 0.15) is 12.5 Å². The van der Waals surface area contributed by atoms with Crippen LogP contribution in [0.3, 0.4) is 0 Å². The Kier molecular flexibility index (Phi) is 4.79. The quantitative estimate of drug-likeness (QED) is 0.762. The van der Waals surface area contributed by atoms with Crippen molar-refractivity contribution in [3.05, 3.63) is 29.8 Å². The van der Waals surface area contributed by atoms with E-state index in [9.17, 15) is 4.79 Å². The number of carbonyl (C=O) groups excluding carboxylic acids is 1. The highest BCUT2D eigenvalue weighted by atomic mass is 16.5. The molecular weight excluding hydrogens is 204 g/mol. The first-order chi connectivity index (χ1) is 7.61. The van der Waals surface area contributed by atoms with Gasteiger partial charge in [-0.15, -0.1) is 0 Å². The number of amides is 1. The molecule has 0 radical (unpaired) electrons. The van der Waals surface area contributed by atoms with Crippen LogP contribution in [0.2, 0.25) is 0 Å². The van der Waals surface area contributed by atoms with Gasteiger partial charge in [-0.05, 0) is 24.1 Å². The zero-order valence-electron chi connectivity index (χ0n) is 9.99. The number of nitrogens with one attached hydrogen (secondary N) is 1. The Hall–Kier alpha value is -1.55. The molecule has 0 fully saturated rings. The van der Waals surface area contributed by atoms with Gasteiger partial charge in [-0.1, -0.05) is 19.1 Å². The molecule has 0 aliphatic heterocycles. The van der Waals surface area contributed by atoms with Crippen molar-refractivity contribution in [1.82, 2.24) is 10.4 Å². The second-order valence-electron chi connectivity index (χ2n) is 3.72. The fraction of sp³-hybridized carbons (Fsp3) is 0.417. The lowest BCUT2D eigenvalue weighted by Crippen LogP contribution is -2.39. The average Bonchev–Trinajstić information content (AvgIpc) is 2.26. The fourth-order valence-corrected chi connectivity index (χ4v) is 1.29. The Morgan fingerprint density at radius 1 is 1.44 bits per heavy atom. The summed E-state index contributed by atoms with van der Waals surface area (Å²) in [6, 6.07) is 7.76. The summed E-state index contributed by atoms with van der Waals surface area (Å²) in [6.45, 7) is 2.11. The van der Waals surface area contributed by atoms with E-state index in [1.807, 2.05) is 24.3 Å². The minimum atomic E-state index is -0.160. The van der Waals surface area contributed by atoms with E-state index in [0.717, 1.165) is 12.2 Å². The van der Waals surface area contributed by atoms with Crippen molar-refractivity contribution >= 4 is 5.91 Å². The van der Waals surface area contributed by atoms with E-state index < -0.39 is 0 Å². The van der Waals surface area contributed by atoms with Crippen molar-refractivity contribution in [3.8, 4) is 5.75 Å². The number of aryl methyl sites for hydroxylation is 1. The topological polar surface area (TPSA) is 41.6 Å². The smallest absolute Gasteiger partial charge is 0.272 e. The van der Waals surface area contributed by atoms with Gasteiger partial charge >= 0.3 is 0 Å². The van der Waals surface area contributed by atoms with Gasteiger partial charge in [0, 0.05) is 14.1 Å². The average molecular weight is 222 g/mol. The van der Waals surface area contributed by atoms with E-state index >= 15 is 0 Å². The van der Waals surface area contributed by atoms with Crippen LogP contribution in [0.15, 0.2) is 24.3 Å². The van der Waals surface area contributed by atoms with Crippen LogP contribution in [0.4, 0.5) is 0 Å². The van der Waals surface area contributed by atoms with E-state index in [1.165, 1.54) is 5.56 Å². The standard InChI is InChI=1S/C12H18N2O2/c1-4-10-6-5-7-11(8-10)16-9-12(15)13-14(2)3/h5-8H,4,9H2,1-3H3,(H,13,15). The predicted molar refractivity (Wildman–Crippen MR) is 63.1 cm³/mol. The van der Waals surface area contributed by atoms with Gasteiger partial charge in [0.15, 0.2) is 6.61 Å². The Morgan fingerprint density at radius 3 is 2.81 bits per heavy atom. The van der Waals surface area contributed by atoms with Gasteiger partial charge < -0.3 is 4.74 Å². The summed E-state index contributed by atoms with van der Waals surface area (Å²) in [5.41, 5.74) is 3.81. The number of hydrogen-bond donors (Lipinski definition) is 1. The van der Waals surface area contributed by atoms with Crippen LogP contribution in [0.25, 0.3) is 0 Å². The minimum Gasteiger partial charge on any atom is -0.484 e. The summed E-state index contributed by atoms with van der Waals surface area (Å²) in [6.07, 6.45) is 0.959. The van der Waals surface area contributed by atoms with Crippen LogP contribution in [-0.2, 0) is 11.2 Å². The van der Waals surface area contributed by atoms with Crippen LogP contribution in [0.5, 0.6) is 5.75 Å². The second-order valence-corrected chi connectivity index (χ2v) is 3.72. The molecule has 88 valence electrons. The molecule has 0 unspecified atom stereocenters. The van der Waals surface area contributed by atoms with E-state index in [4.69, 9.17) is 4.74 Å². The van der Waals surface area contributed by atoms with Gasteiger partial charge in [0.25, 0.3) is 5.91 Å². The molecule has 1 aromatic rings. The fourth-order valence-electron chi connectivity index (χ4n) is 1.29. The monoisotopic (exact) mass is 222 g/mol. The molecule has 0 aromatic heterocycles. The van der Waals surface area contributed by atoms with Crippen LogP contribution < -0.4 is 10.2 Å². The number of hydrazine groups is 1. The van der Waals surface area contributed by atoms with Crippen LogP contribution >= 0.6 is 0 Å². The van der Waals surface area contributed by atoms with E-state index in [2.05, 4.69) is 12.3 Å². The van der Waals surface area contributed by atoms with Crippen molar-refractivity contribution in [2.24, 2.45) is 0 Å². The number of nitrogens with zero attached hydrogens (tertiary/aromatic N) is 1. The van der Waals surface area contributed by atoms with Crippen LogP contribution in [0, 0.1) is 0 Å². The molecule has 1 amide bonds. The summed E-state index contributed by atoms with van der Waals surface area (Å²) in [5, 5.41) is 1.59. The third-order valence-electron chi connectivity index (χ3n) is 2.02. The van der Waals surface area contributed by atoms with Gasteiger partial charge in [-0.3, -0.25) is 10.2 Å². The third kappa shape index (κ3) is 4.31. The summed E-state index contributed by atoms with van der Waals surface area (Å²) < 4.78 is 5.37. The second kappa shape index (κ2) is 6.12. The third-order valence-corrected chi connectivity index (χ3v) is 2.02. The van der Waals surface area contributed by atoms with Gasteiger partial charge in [0.1, 0.15) is 5.75 Å². The van der Waals surface area contributed by atoms with Gasteiger partial charge in [-0.2, -0.15) is 0 Å². The van der Waals surface area contributed by atoms with Crippen molar-refractivity contribution in [1.29, 1.82) is 0 Å². The molecular formula is C12H18N2O2. The predicted octanol–water partition coefficient (Wildman–Crippen LogP) is 1.22. The molecule has 4 nitrogen and oxygen atoms in total. The van der Waals surface area contributed by atoms with Crippen molar-refractivity contribution in [3.63, 3.8) is 0 Å². The lowest BCUT2D eigenvalue weighted by atomic mass is 10.2. The highest BCUT2D eigenvalue weighted by Crippen LogP contribution is 2.13. The highest BCUT2D eigenvalue weighted by Gasteiger charge is 2.03. The highest BCUT2D eigenvalue weighted by molar-refractivity contribution is 5.76. The number of hydrogen-bond acceptors (Lipinski definition) is 3. The largest absolute Gasteiger partial charge is 0.484 e. The SMILES string of the molecule is CCc1cccc(OCC(=O)NN(C)C)c1. The number of rotatable bonds is 5. The molecule has 0 saturated heterocycles. The molecule has 0 saturated carbocycles. The van der Waals surface area contributed by atoms with Crippen molar-refractivity contribution < 1.29 is 9.53 Å². The molecule has 4 heteroatoms. The molecule has 1 aromatic carbocycles. The lowest BCUT2D eigenvalue weighted by Gasteiger charge is -2.12. The molecule has 1 N–H and O–H groups in total. The molecule has 16 heavy (non-hydrogen) atoms. The Balaban J connectivity index is 2.45. The Labute approximate surface area is 96.2 Å². The number of ether oxygens (including phenoxy) is 1. The summed E-state index contributed by atoms with van der Waals surface area (Å²) in [5.74, 6) is 0.570. The normalized spacial score (nSPS) is 10.2. The Morgan fingerprint density at radius 2 is 2.19 bits per heavy atom. The molecule has 0 aliphatic rings. The summed E-state index contributed by atoms with van der Waals surface area (Å²) in [4.78, 5) is 11.3. The molecule has 0 spiro atoms. The molecule has 0 aliphatic carbocycles. The minimum absolute atomic E-state index is 0.0331. The van der Waals surface area contributed by atoms with Gasteiger partial charge in [0.05, 0.1) is 0 Å². The summed E-state index contributed by atoms with van der Waals surface area (Å²) in [7, 11) is 3.52. The first kappa shape index (κ1) is 12.5. The maximum Gasteiger partial charge on any atom is 0.272 e. The lowest BCUT2D eigenvalue weighted by molar-refractivity contribution is -0.126. The first-order valence-corrected chi connectivity index (χ1v) is 5.30. The van der Waals surface area contributed by atoms with Crippen LogP contribution in [-0.4, -0.2) is 31.6 Å².